The third kappa shape index (κ3) is 19.3. The molecule has 3 fully saturated rings. The molecule has 14 atom stereocenters. The zero-order valence-electron chi connectivity index (χ0n) is 50.4. The number of methoxy groups -OCH3 is 1. The molecule has 3 saturated heterocycles. The number of aromatic hydroxyl groups is 1. The molecule has 4 heterocycles. The number of hydrogen-bond acceptors (Lipinski definition) is 25. The van der Waals surface area contributed by atoms with Gasteiger partial charge in [0.05, 0.1) is 43.5 Å². The largest absolute Gasteiger partial charge is 1.00 e. The van der Waals surface area contributed by atoms with E-state index in [1.165, 1.54) is 30.4 Å². The molecule has 1 aromatic heterocycles. The van der Waals surface area contributed by atoms with E-state index in [1.54, 1.807) is 19.2 Å². The van der Waals surface area contributed by atoms with E-state index in [2.05, 4.69) is 41.0 Å². The topological polar surface area (TPSA) is 502 Å². The number of phenolic OH excluding ortho intramolecular Hbond substituents is 1. The van der Waals surface area contributed by atoms with Gasteiger partial charge in [0.2, 0.25) is 41.4 Å². The molecule has 0 aliphatic carbocycles. The van der Waals surface area contributed by atoms with E-state index in [9.17, 15) is 92.2 Å². The minimum Gasteiger partial charge on any atom is -0.716 e. The Labute approximate surface area is 553 Å². The van der Waals surface area contributed by atoms with E-state index in [0.717, 1.165) is 50.8 Å². The molecule has 4 aromatic rings. The number of ether oxygens (including phenoxy) is 2. The number of aromatic nitrogens is 2. The van der Waals surface area contributed by atoms with Gasteiger partial charge in [0.1, 0.15) is 64.2 Å². The van der Waals surface area contributed by atoms with Gasteiger partial charge in [-0.15, -0.1) is 10.2 Å². The van der Waals surface area contributed by atoms with Gasteiger partial charge in [-0.25, -0.2) is 8.42 Å². The molecule has 8 amide bonds. The summed E-state index contributed by atoms with van der Waals surface area (Å²) >= 11 is 1.26. The Morgan fingerprint density at radius 1 is 0.772 bits per heavy atom. The van der Waals surface area contributed by atoms with Crippen molar-refractivity contribution in [2.75, 3.05) is 40.0 Å². The molecule has 92 heavy (non-hydrogen) atoms. The molecular weight excluding hydrogens is 1260 g/mol. The van der Waals surface area contributed by atoms with Crippen LogP contribution in [0.5, 0.6) is 17.2 Å². The van der Waals surface area contributed by atoms with Crippen LogP contribution < -0.4 is 70.8 Å². The molecule has 7 rings (SSSR count). The predicted molar refractivity (Wildman–Crippen MR) is 315 cm³/mol. The summed E-state index contributed by atoms with van der Waals surface area (Å²) in [4.78, 5) is 115. The molecule has 3 aliphatic heterocycles. The van der Waals surface area contributed by atoms with Gasteiger partial charge in [0.15, 0.2) is 11.5 Å². The molecule has 3 aliphatic rings. The summed E-state index contributed by atoms with van der Waals surface area (Å²) in [7, 11) is -3.92. The van der Waals surface area contributed by atoms with Crippen molar-refractivity contribution in [3.05, 3.63) is 77.9 Å². The Hall–Kier alpha value is -7.03. The van der Waals surface area contributed by atoms with Crippen molar-refractivity contribution in [2.24, 2.45) is 11.7 Å². The van der Waals surface area contributed by atoms with Gasteiger partial charge in [-0.2, -0.15) is 0 Å². The first-order valence-corrected chi connectivity index (χ1v) is 31.0. The molecule has 0 spiro atoms. The van der Waals surface area contributed by atoms with Crippen LogP contribution in [0, 0.1) is 5.92 Å². The average Bonchev–Trinajstić information content (AvgIpc) is 1.59. The third-order valence-electron chi connectivity index (χ3n) is 15.4. The van der Waals surface area contributed by atoms with Crippen LogP contribution in [0.25, 0.3) is 21.1 Å². The van der Waals surface area contributed by atoms with Gasteiger partial charge in [-0.3, -0.25) is 38.4 Å². The first-order valence-electron chi connectivity index (χ1n) is 28.8. The maximum absolute atomic E-state index is 14.7. The summed E-state index contributed by atoms with van der Waals surface area (Å²) in [5.74, 6) is -12.6. The number of aliphatic hydroxyl groups excluding tert-OH is 7. The molecule has 3 aromatic carbocycles. The molecule has 496 valence electrons. The Balaban J connectivity index is 0.0000134. The summed E-state index contributed by atoms with van der Waals surface area (Å²) in [5, 5.41) is 111. The SMILES string of the molecule is COCCCCCCOc1ccc(-c2nnc(-c3ccc(C(=O)NC4CC(O)CNC(=O)C5C(O)C(C)CN5C(=O)C(C(O)CC(N)=O)NC(=O)C(C(O)C(O)c5ccc(O)c(OS(=O)(=O)[O-])c5)NC(=O)C5CC(O)CN5C(=O)C(C(C)O)NC4=O)cc3)s2)cc1.[Na+]. The number of primary amides is 1. The second kappa shape index (κ2) is 33.2. The van der Waals surface area contributed by atoms with E-state index in [-0.39, 0.29) is 35.1 Å². The van der Waals surface area contributed by atoms with Crippen LogP contribution in [-0.2, 0) is 48.7 Å². The van der Waals surface area contributed by atoms with Crippen molar-refractivity contribution in [1.29, 1.82) is 0 Å². The van der Waals surface area contributed by atoms with Crippen molar-refractivity contribution in [2.45, 2.75) is 138 Å². The fourth-order valence-corrected chi connectivity index (χ4v) is 11.7. The minimum atomic E-state index is -5.59. The quantitative estimate of drug-likeness (QED) is 0.0160. The maximum Gasteiger partial charge on any atom is 1.00 e. The number of unbranched alkanes of at least 4 members (excludes halogenated alkanes) is 3. The van der Waals surface area contributed by atoms with Crippen LogP contribution in [0.4, 0.5) is 0 Å². The maximum atomic E-state index is 14.7. The zero-order chi connectivity index (χ0) is 66.6. The predicted octanol–water partition coefficient (Wildman–Crippen LogP) is -6.68. The standard InChI is InChI=1S/C57H74N10O22S2.Na/c1-27-25-67-45(46(27)74)53(81)59-24-33(69)21-36(60-49(77)29-8-10-30(11-9-29)54-64-65-55(90-54)31-12-15-35(16-13-31)88-19-7-5-4-6-18-87-3)50(78)61-42(28(2)68)56(82)66-26-34(70)22-37(66)51(79)63-44(52(80)62-43(57(67)83)39(72)23-41(58)73)48(76)47(75)32-14-17-38(71)40(20-32)89-91(84,85)86;/h8-17,20,27-28,33-34,36-37,39,42-48,68-72,74-76H,4-7,18-19,21-26H2,1-3H3,(H2,58,73)(H,59,81)(H,60,77)(H,61,78)(H,62,80)(H,63,79)(H,84,85,86);/q;+1/p-1. The zero-order valence-corrected chi connectivity index (χ0v) is 54.0. The number of benzene rings is 3. The summed E-state index contributed by atoms with van der Waals surface area (Å²) in [6.07, 6.45) is -12.8. The fraction of sp³-hybridized carbons (Fsp3) is 0.509. The van der Waals surface area contributed by atoms with Crippen LogP contribution in [-0.4, -0.2) is 234 Å². The van der Waals surface area contributed by atoms with Gasteiger partial charge in [-0.05, 0) is 80.3 Å². The van der Waals surface area contributed by atoms with E-state index in [1.807, 2.05) is 24.3 Å². The minimum absolute atomic E-state index is 0. The molecule has 0 bridgehead atoms. The number of fused-ring (bicyclic) bond motifs is 2. The number of phenols is 1. The fourth-order valence-electron chi connectivity index (χ4n) is 10.5. The van der Waals surface area contributed by atoms with Crippen molar-refractivity contribution < 1.29 is 135 Å². The Morgan fingerprint density at radius 3 is 1.98 bits per heavy atom. The Morgan fingerprint density at radius 2 is 1.37 bits per heavy atom. The molecule has 15 N–H and O–H groups in total. The van der Waals surface area contributed by atoms with Crippen molar-refractivity contribution in [3.63, 3.8) is 0 Å². The molecule has 0 saturated carbocycles. The first kappa shape index (κ1) is 74.0. The Bertz CT molecular complexity index is 3370. The smallest absolute Gasteiger partial charge is 0.716 e. The van der Waals surface area contributed by atoms with Crippen LogP contribution >= 0.6 is 11.3 Å². The van der Waals surface area contributed by atoms with Gasteiger partial charge < -0.3 is 101 Å². The number of β-amino-alcohol motifs (C(OH)–C–C–N with tert-alkyl or cyclic N) is 1. The van der Waals surface area contributed by atoms with E-state index < -0.39 is 199 Å². The number of amides is 8. The number of nitrogens with two attached hydrogens (primary N) is 1. The van der Waals surface area contributed by atoms with Gasteiger partial charge in [-0.1, -0.05) is 42.9 Å². The number of rotatable bonds is 21. The Kier molecular flexibility index (Phi) is 26.7. The molecule has 14 unspecified atom stereocenters. The number of carbonyl (C=O) groups excluding carboxylic acids is 8. The number of aliphatic hydroxyl groups is 7. The van der Waals surface area contributed by atoms with Gasteiger partial charge in [0.25, 0.3) is 16.3 Å². The van der Waals surface area contributed by atoms with Crippen LogP contribution in [0.15, 0.2) is 66.7 Å². The molecule has 35 heteroatoms. The van der Waals surface area contributed by atoms with Crippen LogP contribution in [0.2, 0.25) is 0 Å². The normalized spacial score (nSPS) is 25.0. The number of nitrogens with one attached hydrogen (secondary N) is 5. The summed E-state index contributed by atoms with van der Waals surface area (Å²) in [5.41, 5.74) is 6.04. The molecule has 0 radical (unpaired) electrons. The number of nitrogens with zero attached hydrogens (tertiary/aromatic N) is 4. The summed E-state index contributed by atoms with van der Waals surface area (Å²) < 4.78 is 49.6. The first-order chi connectivity index (χ1) is 43.0. The van der Waals surface area contributed by atoms with E-state index in [4.69, 9.17) is 15.2 Å². The third-order valence-corrected chi connectivity index (χ3v) is 16.8. The van der Waals surface area contributed by atoms with Crippen molar-refractivity contribution in [3.8, 4) is 38.4 Å². The average molecular weight is 1340 g/mol. The molecule has 32 nitrogen and oxygen atoms in total. The van der Waals surface area contributed by atoms with Gasteiger partial charge >= 0.3 is 29.6 Å². The summed E-state index contributed by atoms with van der Waals surface area (Å²) in [6.45, 7) is 1.80. The van der Waals surface area contributed by atoms with Crippen molar-refractivity contribution >= 4 is 69.0 Å². The van der Waals surface area contributed by atoms with Crippen LogP contribution in [0.3, 0.4) is 0 Å². The van der Waals surface area contributed by atoms with E-state index in [0.29, 0.717) is 49.9 Å². The van der Waals surface area contributed by atoms with Crippen LogP contribution in [0.1, 0.15) is 80.8 Å². The van der Waals surface area contributed by atoms with Gasteiger partial charge in [0, 0.05) is 68.8 Å². The van der Waals surface area contributed by atoms with E-state index >= 15 is 0 Å². The second-order valence-electron chi connectivity index (χ2n) is 22.3. The number of carbonyl (C=O) groups is 8. The monoisotopic (exact) mass is 1340 g/mol. The second-order valence-corrected chi connectivity index (χ2v) is 24.3. The number of hydrogen-bond donors (Lipinski definition) is 14. The summed E-state index contributed by atoms with van der Waals surface area (Å²) in [6, 6.07) is 2.80. The molecular formula is C57H73N10NaO22S2. The van der Waals surface area contributed by atoms with Crippen molar-refractivity contribution in [1.82, 2.24) is 46.6 Å².